The zero-order valence-electron chi connectivity index (χ0n) is 32.0. The third kappa shape index (κ3) is 10.5. The van der Waals surface area contributed by atoms with Gasteiger partial charge in [-0.3, -0.25) is 0 Å². The molecule has 1 fully saturated rings. The van der Waals surface area contributed by atoms with E-state index in [0.29, 0.717) is 43.7 Å². The number of ether oxygens (including phenoxy) is 5. The minimum Gasteiger partial charge on any atom is -0.374 e. The largest absolute Gasteiger partial charge is 0.374 e. The summed E-state index contributed by atoms with van der Waals surface area (Å²) in [5.41, 5.74) is 6.14. The molecule has 0 N–H and O–H groups in total. The predicted molar refractivity (Wildman–Crippen MR) is 228 cm³/mol. The van der Waals surface area contributed by atoms with Crippen LogP contribution in [0.1, 0.15) is 44.4 Å². The van der Waals surface area contributed by atoms with Crippen LogP contribution in [-0.4, -0.2) is 41.0 Å². The Morgan fingerprint density at radius 3 is 1.67 bits per heavy atom. The number of hydrogen-bond donors (Lipinski definition) is 0. The Morgan fingerprint density at radius 1 is 0.552 bits per heavy atom. The molecule has 0 radical (unpaired) electrons. The van der Waals surface area contributed by atoms with Crippen molar-refractivity contribution in [3.8, 4) is 10.7 Å². The van der Waals surface area contributed by atoms with E-state index in [0.717, 1.165) is 43.1 Å². The Labute approximate surface area is 349 Å². The predicted octanol–water partition coefficient (Wildman–Crippen LogP) is 10.9. The fourth-order valence-electron chi connectivity index (χ4n) is 7.17. The molecule has 2 aromatic heterocycles. The van der Waals surface area contributed by atoms with Crippen molar-refractivity contribution in [1.29, 1.82) is 0 Å². The van der Waals surface area contributed by atoms with E-state index in [4.69, 9.17) is 35.3 Å². The van der Waals surface area contributed by atoms with Gasteiger partial charge in [-0.2, -0.15) is 0 Å². The van der Waals surface area contributed by atoms with Crippen molar-refractivity contribution in [3.63, 3.8) is 0 Å². The van der Waals surface area contributed by atoms with Crippen molar-refractivity contribution in [3.05, 3.63) is 213 Å². The highest BCUT2D eigenvalue weighted by Gasteiger charge is 2.49. The first-order valence-electron chi connectivity index (χ1n) is 19.5. The van der Waals surface area contributed by atoms with Gasteiger partial charge < -0.3 is 23.7 Å². The van der Waals surface area contributed by atoms with Crippen LogP contribution in [0.4, 0.5) is 0 Å². The molecule has 5 aromatic carbocycles. The molecule has 0 spiro atoms. The van der Waals surface area contributed by atoms with Crippen LogP contribution in [0.5, 0.6) is 0 Å². The molecule has 0 saturated carbocycles. The summed E-state index contributed by atoms with van der Waals surface area (Å²) in [6.45, 7) is 1.80. The smallest absolute Gasteiger partial charge is 0.169 e. The second-order valence-corrected chi connectivity index (χ2v) is 15.8. The second kappa shape index (κ2) is 20.1. The van der Waals surface area contributed by atoms with Gasteiger partial charge in [0.1, 0.15) is 30.5 Å². The molecule has 0 aliphatic carbocycles. The SMILES string of the molecule is Clc1ccc([C@@H]2O[C@H](COCc3ccccc3)[C@@H](OCc3ccccc3)[C@H](OCc3ccccc3)[C@H]2OCc2ccccc2)cc1Cc1ccc(-c2ncccn2)s1. The van der Waals surface area contributed by atoms with Crippen molar-refractivity contribution in [2.45, 2.75) is 63.4 Å². The first kappa shape index (κ1) is 39.8. The molecule has 7 aromatic rings. The molecule has 0 amide bonds. The minimum absolute atomic E-state index is 0.279. The summed E-state index contributed by atoms with van der Waals surface area (Å²) >= 11 is 8.61. The molecule has 1 aliphatic heterocycles. The molecule has 7 nitrogen and oxygen atoms in total. The Bertz CT molecular complexity index is 2280. The molecule has 0 bridgehead atoms. The number of halogens is 1. The maximum absolute atomic E-state index is 7.19. The van der Waals surface area contributed by atoms with Gasteiger partial charge in [0.25, 0.3) is 0 Å². The van der Waals surface area contributed by atoms with Gasteiger partial charge in [0.15, 0.2) is 5.82 Å². The molecule has 1 saturated heterocycles. The van der Waals surface area contributed by atoms with Crippen molar-refractivity contribution < 1.29 is 23.7 Å². The van der Waals surface area contributed by atoms with Crippen LogP contribution in [0.2, 0.25) is 5.02 Å². The number of hydrogen-bond acceptors (Lipinski definition) is 8. The number of aromatic nitrogens is 2. The van der Waals surface area contributed by atoms with Gasteiger partial charge in [0, 0.05) is 28.7 Å². The van der Waals surface area contributed by atoms with Gasteiger partial charge in [0.2, 0.25) is 0 Å². The summed E-state index contributed by atoms with van der Waals surface area (Å²) in [4.78, 5) is 11.0. The number of rotatable bonds is 17. The van der Waals surface area contributed by atoms with Gasteiger partial charge in [-0.25, -0.2) is 9.97 Å². The Balaban J connectivity index is 1.15. The molecule has 8 rings (SSSR count). The lowest BCUT2D eigenvalue weighted by molar-refractivity contribution is -0.275. The van der Waals surface area contributed by atoms with Crippen molar-refractivity contribution in [2.75, 3.05) is 6.61 Å². The molecule has 0 unspecified atom stereocenters. The minimum atomic E-state index is -0.562. The first-order chi connectivity index (χ1) is 28.7. The lowest BCUT2D eigenvalue weighted by Gasteiger charge is -2.46. The normalized spacial score (nSPS) is 19.2. The van der Waals surface area contributed by atoms with Crippen molar-refractivity contribution in [1.82, 2.24) is 9.97 Å². The van der Waals surface area contributed by atoms with Gasteiger partial charge in [0.05, 0.1) is 37.9 Å². The van der Waals surface area contributed by atoms with Crippen LogP contribution >= 0.6 is 22.9 Å². The van der Waals surface area contributed by atoms with Crippen LogP contribution in [0, 0.1) is 0 Å². The van der Waals surface area contributed by atoms with Gasteiger partial charge in [-0.1, -0.05) is 145 Å². The van der Waals surface area contributed by atoms with E-state index in [-0.39, 0.29) is 6.61 Å². The van der Waals surface area contributed by atoms with E-state index < -0.39 is 30.5 Å². The quantitative estimate of drug-likeness (QED) is 0.0907. The third-order valence-corrected chi connectivity index (χ3v) is 11.5. The maximum Gasteiger partial charge on any atom is 0.169 e. The van der Waals surface area contributed by atoms with E-state index in [9.17, 15) is 0 Å². The molecule has 294 valence electrons. The Kier molecular flexibility index (Phi) is 13.8. The van der Waals surface area contributed by atoms with E-state index >= 15 is 0 Å². The zero-order valence-corrected chi connectivity index (χ0v) is 33.6. The van der Waals surface area contributed by atoms with Crippen molar-refractivity contribution in [2.24, 2.45) is 0 Å². The standard InChI is InChI=1S/C49H45ClN2O5S/c50-42-24-22-39(28-40(42)29-41-23-25-44(58-41)49-51-26-13-27-52-49)45-47(55-32-37-18-9-3-10-19-37)48(56-33-38-20-11-4-12-21-38)46(54-31-36-16-7-2-8-17-36)43(57-45)34-53-30-35-14-5-1-6-15-35/h1-28,43,45-48H,29-34H2/t43-,45+,46-,47+,48+/m1/s1. The van der Waals surface area contributed by atoms with Crippen LogP contribution in [0.3, 0.4) is 0 Å². The molecule has 9 heteroatoms. The summed E-state index contributed by atoms with van der Waals surface area (Å²) in [6.07, 6.45) is 1.47. The fourth-order valence-corrected chi connectivity index (χ4v) is 8.34. The summed E-state index contributed by atoms with van der Waals surface area (Å²) in [5, 5.41) is 0.677. The molecule has 1 aliphatic rings. The molecular formula is C49H45ClN2O5S. The van der Waals surface area contributed by atoms with Gasteiger partial charge in [-0.15, -0.1) is 11.3 Å². The highest BCUT2D eigenvalue weighted by atomic mass is 35.5. The lowest BCUT2D eigenvalue weighted by atomic mass is 9.89. The van der Waals surface area contributed by atoms with E-state index in [1.165, 1.54) is 0 Å². The average molecular weight is 809 g/mol. The van der Waals surface area contributed by atoms with Crippen LogP contribution in [0.15, 0.2) is 170 Å². The van der Waals surface area contributed by atoms with Crippen LogP contribution in [-0.2, 0) is 56.5 Å². The highest BCUT2D eigenvalue weighted by Crippen LogP contribution is 2.40. The third-order valence-electron chi connectivity index (χ3n) is 10.1. The maximum atomic E-state index is 7.19. The van der Waals surface area contributed by atoms with E-state index in [2.05, 4.69) is 76.7 Å². The van der Waals surface area contributed by atoms with Crippen LogP contribution in [0.25, 0.3) is 10.7 Å². The summed E-state index contributed by atoms with van der Waals surface area (Å²) in [7, 11) is 0. The average Bonchev–Trinajstić information content (AvgIpc) is 3.75. The molecule has 3 heterocycles. The molecular weight excluding hydrogens is 764 g/mol. The topological polar surface area (TPSA) is 71.9 Å². The van der Waals surface area contributed by atoms with Gasteiger partial charge >= 0.3 is 0 Å². The summed E-state index contributed by atoms with van der Waals surface area (Å²) in [5.74, 6) is 0.707. The van der Waals surface area contributed by atoms with Crippen LogP contribution < -0.4 is 0 Å². The second-order valence-electron chi connectivity index (χ2n) is 14.2. The van der Waals surface area contributed by atoms with Crippen molar-refractivity contribution >= 4 is 22.9 Å². The van der Waals surface area contributed by atoms with Gasteiger partial charge in [-0.05, 0) is 57.6 Å². The van der Waals surface area contributed by atoms with E-state index in [1.54, 1.807) is 23.7 Å². The highest BCUT2D eigenvalue weighted by molar-refractivity contribution is 7.15. The monoisotopic (exact) mass is 808 g/mol. The molecule has 5 atom stereocenters. The zero-order chi connectivity index (χ0) is 39.4. The van der Waals surface area contributed by atoms with E-state index in [1.807, 2.05) is 91.0 Å². The number of thiophene rings is 1. The number of benzene rings is 5. The number of nitrogens with zero attached hydrogens (tertiary/aromatic N) is 2. The Hall–Kier alpha value is -5.03. The summed E-state index contributed by atoms with van der Waals surface area (Å²) in [6, 6.07) is 52.9. The lowest BCUT2D eigenvalue weighted by Crippen LogP contribution is -2.58. The Morgan fingerprint density at radius 2 is 1.09 bits per heavy atom. The first-order valence-corrected chi connectivity index (χ1v) is 20.7. The molecule has 58 heavy (non-hydrogen) atoms. The fraction of sp³-hybridized carbons (Fsp3) is 0.224. The summed E-state index contributed by atoms with van der Waals surface area (Å²) < 4.78 is 34.5.